The lowest BCUT2D eigenvalue weighted by atomic mass is 10.00. The number of nitrogens with zero attached hydrogens (tertiary/aromatic N) is 6. The zero-order chi connectivity index (χ0) is 16.9. The number of aliphatic imine (C=N–C) groups is 1. The van der Waals surface area contributed by atoms with Crippen LogP contribution in [0.1, 0.15) is 19.8 Å². The number of piperidine rings is 1. The lowest BCUT2D eigenvalue weighted by Gasteiger charge is -2.32. The molecule has 2 N–H and O–H groups in total. The number of rotatable bonds is 4. The molecule has 138 valence electrons. The Labute approximate surface area is 165 Å². The van der Waals surface area contributed by atoms with Gasteiger partial charge in [-0.15, -0.1) is 24.0 Å². The SMILES string of the molecule is CN=C(NCCNc1ncnc2c1cnn2C)N1CCC(C)CC1.I. The molecular weight excluding hydrogens is 431 g/mol. The van der Waals surface area contributed by atoms with E-state index in [0.29, 0.717) is 0 Å². The minimum atomic E-state index is 0. The number of fused-ring (bicyclic) bond motifs is 1. The second-order valence-corrected chi connectivity index (χ2v) is 6.30. The van der Waals surface area contributed by atoms with E-state index in [2.05, 4.69) is 42.5 Å². The predicted molar refractivity (Wildman–Crippen MR) is 112 cm³/mol. The van der Waals surface area contributed by atoms with Gasteiger partial charge in [0.15, 0.2) is 11.6 Å². The summed E-state index contributed by atoms with van der Waals surface area (Å²) in [4.78, 5) is 15.3. The molecule has 0 unspecified atom stereocenters. The summed E-state index contributed by atoms with van der Waals surface area (Å²) in [5, 5.41) is 11.9. The average Bonchev–Trinajstić information content (AvgIpc) is 2.98. The molecule has 0 atom stereocenters. The van der Waals surface area contributed by atoms with E-state index in [1.54, 1.807) is 17.2 Å². The Morgan fingerprint density at radius 2 is 2.04 bits per heavy atom. The maximum atomic E-state index is 4.40. The zero-order valence-corrected chi connectivity index (χ0v) is 17.4. The van der Waals surface area contributed by atoms with Crippen molar-refractivity contribution in [3.05, 3.63) is 12.5 Å². The van der Waals surface area contributed by atoms with Crippen molar-refractivity contribution in [2.24, 2.45) is 18.0 Å². The fraction of sp³-hybridized carbons (Fsp3) is 0.625. The van der Waals surface area contributed by atoms with Gasteiger partial charge in [-0.3, -0.25) is 9.67 Å². The number of hydrogen-bond acceptors (Lipinski definition) is 5. The summed E-state index contributed by atoms with van der Waals surface area (Å²) in [6.45, 7) is 6.01. The quantitative estimate of drug-likeness (QED) is 0.314. The molecule has 1 aliphatic heterocycles. The average molecular weight is 458 g/mol. The van der Waals surface area contributed by atoms with Gasteiger partial charge in [0.1, 0.15) is 12.1 Å². The first-order valence-electron chi connectivity index (χ1n) is 8.51. The molecule has 0 radical (unpaired) electrons. The number of anilines is 1. The molecule has 3 rings (SSSR count). The third-order valence-corrected chi connectivity index (χ3v) is 4.52. The third-order valence-electron chi connectivity index (χ3n) is 4.52. The molecule has 0 aliphatic carbocycles. The van der Waals surface area contributed by atoms with Crippen LogP contribution >= 0.6 is 24.0 Å². The first kappa shape index (κ1) is 19.7. The van der Waals surface area contributed by atoms with Gasteiger partial charge < -0.3 is 15.5 Å². The van der Waals surface area contributed by atoms with Gasteiger partial charge in [0.2, 0.25) is 0 Å². The van der Waals surface area contributed by atoms with Gasteiger partial charge in [0, 0.05) is 40.3 Å². The van der Waals surface area contributed by atoms with Crippen LogP contribution in [0.3, 0.4) is 0 Å². The Morgan fingerprint density at radius 1 is 1.28 bits per heavy atom. The largest absolute Gasteiger partial charge is 0.368 e. The highest BCUT2D eigenvalue weighted by atomic mass is 127. The molecule has 0 amide bonds. The molecule has 3 heterocycles. The van der Waals surface area contributed by atoms with Crippen molar-refractivity contribution < 1.29 is 0 Å². The van der Waals surface area contributed by atoms with Gasteiger partial charge in [-0.25, -0.2) is 9.97 Å². The molecular formula is C16H27IN8. The molecule has 1 aliphatic rings. The Balaban J connectivity index is 0.00000225. The zero-order valence-electron chi connectivity index (χ0n) is 15.1. The van der Waals surface area contributed by atoms with Gasteiger partial charge in [-0.1, -0.05) is 6.92 Å². The van der Waals surface area contributed by atoms with E-state index in [-0.39, 0.29) is 24.0 Å². The van der Waals surface area contributed by atoms with Gasteiger partial charge in [-0.2, -0.15) is 5.10 Å². The van der Waals surface area contributed by atoms with Gasteiger partial charge in [0.25, 0.3) is 0 Å². The topological polar surface area (TPSA) is 83.3 Å². The van der Waals surface area contributed by atoms with Crippen molar-refractivity contribution in [3.63, 3.8) is 0 Å². The van der Waals surface area contributed by atoms with Crippen molar-refractivity contribution in [1.29, 1.82) is 0 Å². The molecule has 2 aromatic heterocycles. The predicted octanol–water partition coefficient (Wildman–Crippen LogP) is 1.70. The summed E-state index contributed by atoms with van der Waals surface area (Å²) in [6.07, 6.45) is 5.82. The smallest absolute Gasteiger partial charge is 0.193 e. The highest BCUT2D eigenvalue weighted by Gasteiger charge is 2.18. The van der Waals surface area contributed by atoms with Gasteiger partial charge >= 0.3 is 0 Å². The van der Waals surface area contributed by atoms with Gasteiger partial charge in [-0.05, 0) is 18.8 Å². The molecule has 0 bridgehead atoms. The molecule has 2 aromatic rings. The van der Waals surface area contributed by atoms with Crippen LogP contribution in [0.15, 0.2) is 17.5 Å². The van der Waals surface area contributed by atoms with Crippen LogP contribution in [0.25, 0.3) is 11.0 Å². The number of nitrogens with one attached hydrogen (secondary N) is 2. The third kappa shape index (κ3) is 4.71. The van der Waals surface area contributed by atoms with Crippen LogP contribution in [-0.2, 0) is 7.05 Å². The summed E-state index contributed by atoms with van der Waals surface area (Å²) >= 11 is 0. The van der Waals surface area contributed by atoms with E-state index >= 15 is 0 Å². The summed E-state index contributed by atoms with van der Waals surface area (Å²) < 4.78 is 1.75. The minimum Gasteiger partial charge on any atom is -0.368 e. The Bertz CT molecular complexity index is 705. The maximum absolute atomic E-state index is 4.40. The summed E-state index contributed by atoms with van der Waals surface area (Å²) in [6, 6.07) is 0. The number of guanidine groups is 1. The molecule has 0 aromatic carbocycles. The second kappa shape index (κ2) is 9.16. The van der Waals surface area contributed by atoms with E-state index in [1.807, 2.05) is 14.1 Å². The summed E-state index contributed by atoms with van der Waals surface area (Å²) in [7, 11) is 3.72. The van der Waals surface area contributed by atoms with E-state index < -0.39 is 0 Å². The fourth-order valence-electron chi connectivity index (χ4n) is 3.01. The summed E-state index contributed by atoms with van der Waals surface area (Å²) in [5.74, 6) is 2.62. The molecule has 0 saturated carbocycles. The summed E-state index contributed by atoms with van der Waals surface area (Å²) in [5.41, 5.74) is 0.832. The number of hydrogen-bond donors (Lipinski definition) is 2. The monoisotopic (exact) mass is 458 g/mol. The van der Waals surface area contributed by atoms with Crippen molar-refractivity contribution in [2.75, 3.05) is 38.5 Å². The van der Waals surface area contributed by atoms with E-state index in [1.165, 1.54) is 12.8 Å². The maximum Gasteiger partial charge on any atom is 0.193 e. The van der Waals surface area contributed by atoms with Crippen LogP contribution in [0.5, 0.6) is 0 Å². The van der Waals surface area contributed by atoms with Crippen molar-refractivity contribution in [1.82, 2.24) is 30.0 Å². The second-order valence-electron chi connectivity index (χ2n) is 6.30. The molecule has 25 heavy (non-hydrogen) atoms. The van der Waals surface area contributed by atoms with Crippen molar-refractivity contribution >= 4 is 46.8 Å². The molecule has 0 spiro atoms. The highest BCUT2D eigenvalue weighted by molar-refractivity contribution is 14.0. The van der Waals surface area contributed by atoms with Crippen LogP contribution in [0.2, 0.25) is 0 Å². The van der Waals surface area contributed by atoms with E-state index in [4.69, 9.17) is 0 Å². The van der Waals surface area contributed by atoms with E-state index in [9.17, 15) is 0 Å². The van der Waals surface area contributed by atoms with Gasteiger partial charge in [0.05, 0.1) is 11.6 Å². The molecule has 8 nitrogen and oxygen atoms in total. The number of likely N-dealkylation sites (tertiary alicyclic amines) is 1. The Kier molecular flexibility index (Phi) is 7.21. The van der Waals surface area contributed by atoms with Crippen LogP contribution < -0.4 is 10.6 Å². The van der Waals surface area contributed by atoms with Crippen molar-refractivity contribution in [2.45, 2.75) is 19.8 Å². The fourth-order valence-corrected chi connectivity index (χ4v) is 3.01. The first-order chi connectivity index (χ1) is 11.7. The molecule has 1 fully saturated rings. The minimum absolute atomic E-state index is 0. The standard InChI is InChI=1S/C16H26N8.HI/c1-12-4-8-24(9-5-12)16(17-2)19-7-6-18-14-13-10-22-23(3)15(13)21-11-20-14;/h10-12H,4-9H2,1-3H3,(H,17,19)(H,18,20,21);1H. The first-order valence-corrected chi connectivity index (χ1v) is 8.51. The van der Waals surface area contributed by atoms with Crippen molar-refractivity contribution in [3.8, 4) is 0 Å². The lowest BCUT2D eigenvalue weighted by molar-refractivity contribution is 0.274. The number of aromatic nitrogens is 4. The molecule has 9 heteroatoms. The lowest BCUT2D eigenvalue weighted by Crippen LogP contribution is -2.46. The van der Waals surface area contributed by atoms with E-state index in [0.717, 1.165) is 54.9 Å². The number of halogens is 1. The normalized spacial score (nSPS) is 16.0. The highest BCUT2D eigenvalue weighted by Crippen LogP contribution is 2.17. The Hall–Kier alpha value is -1.65. The van der Waals surface area contributed by atoms with Crippen LogP contribution in [0, 0.1) is 5.92 Å². The molecule has 1 saturated heterocycles. The number of aryl methyl sites for hydroxylation is 1. The van der Waals surface area contributed by atoms with Crippen LogP contribution in [0.4, 0.5) is 5.82 Å². The van der Waals surface area contributed by atoms with Crippen LogP contribution in [-0.4, -0.2) is 63.8 Å². The Morgan fingerprint density at radius 3 is 2.76 bits per heavy atom.